The monoisotopic (exact) mass is 354 g/mol. The molecule has 1 fully saturated rings. The van der Waals surface area contributed by atoms with Crippen LogP contribution in [0.2, 0.25) is 0 Å². The molecule has 6 heteroatoms. The number of amides is 2. The van der Waals surface area contributed by atoms with E-state index >= 15 is 0 Å². The lowest BCUT2D eigenvalue weighted by atomic mass is 9.83. The Morgan fingerprint density at radius 3 is 2.00 bits per heavy atom. The van der Waals surface area contributed by atoms with Crippen LogP contribution in [0.5, 0.6) is 0 Å². The molecule has 24 heavy (non-hydrogen) atoms. The van der Waals surface area contributed by atoms with E-state index in [9.17, 15) is 13.2 Å². The molecule has 0 spiro atoms. The van der Waals surface area contributed by atoms with Crippen LogP contribution < -0.4 is 5.32 Å². The molecule has 136 valence electrons. The molecule has 0 radical (unpaired) electrons. The summed E-state index contributed by atoms with van der Waals surface area (Å²) in [5.74, 6) is 0. The van der Waals surface area contributed by atoms with Gasteiger partial charge in [0.15, 0.2) is 9.84 Å². The Labute approximate surface area is 147 Å². The Morgan fingerprint density at radius 2 is 1.58 bits per heavy atom. The third kappa shape index (κ3) is 9.35. The van der Waals surface area contributed by atoms with Crippen LogP contribution >= 0.6 is 0 Å². The number of sulfone groups is 1. The van der Waals surface area contributed by atoms with Gasteiger partial charge in [-0.15, -0.1) is 0 Å². The SMILES string of the molecule is CC1(C)CCN(C(=O)NC/C=C/S(C)(=O)=O)CC1.[HH].c1ccccc1. The van der Waals surface area contributed by atoms with Crippen LogP contribution in [0.3, 0.4) is 0 Å². The van der Waals surface area contributed by atoms with Crippen LogP contribution in [-0.2, 0) is 9.84 Å². The molecule has 0 bridgehead atoms. The van der Waals surface area contributed by atoms with Crippen molar-refractivity contribution in [1.29, 1.82) is 0 Å². The maximum absolute atomic E-state index is 11.8. The molecule has 1 saturated heterocycles. The molecule has 0 aliphatic carbocycles. The fourth-order valence-corrected chi connectivity index (χ4v) is 2.63. The zero-order chi connectivity index (χ0) is 18.1. The highest BCUT2D eigenvalue weighted by molar-refractivity contribution is 7.93. The lowest BCUT2D eigenvalue weighted by molar-refractivity contribution is 0.141. The molecule has 1 aromatic rings. The summed E-state index contributed by atoms with van der Waals surface area (Å²) in [5, 5.41) is 3.79. The maximum atomic E-state index is 11.8. The molecule has 2 rings (SSSR count). The third-order valence-electron chi connectivity index (χ3n) is 3.79. The van der Waals surface area contributed by atoms with Gasteiger partial charge < -0.3 is 10.2 Å². The summed E-state index contributed by atoms with van der Waals surface area (Å²) in [5.41, 5.74) is 0.312. The lowest BCUT2D eigenvalue weighted by Gasteiger charge is -2.36. The van der Waals surface area contributed by atoms with Crippen LogP contribution in [-0.4, -0.2) is 45.2 Å². The summed E-state index contributed by atoms with van der Waals surface area (Å²) in [6, 6.07) is 11.9. The van der Waals surface area contributed by atoms with Crippen molar-refractivity contribution < 1.29 is 14.6 Å². The summed E-state index contributed by atoms with van der Waals surface area (Å²) in [4.78, 5) is 13.5. The second-order valence-electron chi connectivity index (χ2n) is 6.69. The quantitative estimate of drug-likeness (QED) is 0.905. The highest BCUT2D eigenvalue weighted by Gasteiger charge is 2.27. The van der Waals surface area contributed by atoms with Crippen molar-refractivity contribution in [1.82, 2.24) is 10.2 Å². The van der Waals surface area contributed by atoms with Crippen molar-refractivity contribution in [2.75, 3.05) is 25.9 Å². The molecule has 1 N–H and O–H groups in total. The number of hydrogen-bond acceptors (Lipinski definition) is 3. The predicted octanol–water partition coefficient (Wildman–Crippen LogP) is 3.31. The number of urea groups is 1. The van der Waals surface area contributed by atoms with E-state index in [4.69, 9.17) is 0 Å². The first-order valence-corrected chi connectivity index (χ1v) is 10.0. The topological polar surface area (TPSA) is 66.5 Å². The van der Waals surface area contributed by atoms with Gasteiger partial charge in [0, 0.05) is 32.7 Å². The molecule has 0 aromatic heterocycles. The Kier molecular flexibility index (Phi) is 7.98. The van der Waals surface area contributed by atoms with Crippen molar-refractivity contribution >= 4 is 15.9 Å². The van der Waals surface area contributed by atoms with Gasteiger partial charge in [-0.2, -0.15) is 0 Å². The van der Waals surface area contributed by atoms with Crippen LogP contribution in [0.1, 0.15) is 28.1 Å². The second-order valence-corrected chi connectivity index (χ2v) is 8.62. The Morgan fingerprint density at radius 1 is 1.12 bits per heavy atom. The van der Waals surface area contributed by atoms with Gasteiger partial charge in [-0.05, 0) is 18.3 Å². The van der Waals surface area contributed by atoms with Gasteiger partial charge in [0.2, 0.25) is 0 Å². The van der Waals surface area contributed by atoms with Gasteiger partial charge in [0.05, 0.1) is 0 Å². The van der Waals surface area contributed by atoms with Gasteiger partial charge >= 0.3 is 6.03 Å². The zero-order valence-corrected chi connectivity index (χ0v) is 15.6. The minimum Gasteiger partial charge on any atom is -0.334 e. The van der Waals surface area contributed by atoms with Crippen LogP contribution in [0.25, 0.3) is 0 Å². The standard InChI is InChI=1S/C12H22N2O3S.C6H6.H2/c1-12(2)5-8-14(9-6-12)11(15)13-7-4-10-18(3,16)17;1-2-4-6-5-3-1;/h4,10H,5-9H2,1-3H3,(H,13,15);1-6H;1H/b10-4+;;. The molecule has 5 nitrogen and oxygen atoms in total. The number of carbonyl (C=O) groups excluding carboxylic acids is 1. The summed E-state index contributed by atoms with van der Waals surface area (Å²) >= 11 is 0. The van der Waals surface area contributed by atoms with E-state index in [2.05, 4.69) is 19.2 Å². The minimum absolute atomic E-state index is 0. The summed E-state index contributed by atoms with van der Waals surface area (Å²) in [6.07, 6.45) is 4.57. The van der Waals surface area contributed by atoms with Crippen LogP contribution in [0, 0.1) is 5.41 Å². The minimum atomic E-state index is -3.11. The number of hydrogen-bond donors (Lipinski definition) is 1. The van der Waals surface area contributed by atoms with Crippen molar-refractivity contribution in [3.8, 4) is 0 Å². The zero-order valence-electron chi connectivity index (χ0n) is 14.7. The number of carbonyl (C=O) groups is 1. The van der Waals surface area contributed by atoms with E-state index in [-0.39, 0.29) is 14.0 Å². The molecule has 1 aliphatic heterocycles. The predicted molar refractivity (Wildman–Crippen MR) is 101 cm³/mol. The summed E-state index contributed by atoms with van der Waals surface area (Å²) in [6.45, 7) is 6.17. The van der Waals surface area contributed by atoms with E-state index < -0.39 is 9.84 Å². The average Bonchev–Trinajstić information content (AvgIpc) is 2.53. The first-order chi connectivity index (χ1) is 11.2. The molecule has 2 amide bonds. The average molecular weight is 355 g/mol. The number of rotatable bonds is 3. The Bertz CT molecular complexity index is 594. The van der Waals surface area contributed by atoms with E-state index in [1.165, 1.54) is 6.08 Å². The van der Waals surface area contributed by atoms with Gasteiger partial charge in [0.1, 0.15) is 0 Å². The number of nitrogens with zero attached hydrogens (tertiary/aromatic N) is 1. The van der Waals surface area contributed by atoms with Gasteiger partial charge in [-0.3, -0.25) is 0 Å². The number of likely N-dealkylation sites (tertiary alicyclic amines) is 1. The molecule has 0 saturated carbocycles. The van der Waals surface area contributed by atoms with Crippen LogP contribution in [0.15, 0.2) is 47.9 Å². The normalized spacial score (nSPS) is 17.0. The Hall–Kier alpha value is -1.82. The fourth-order valence-electron chi connectivity index (χ4n) is 2.18. The summed E-state index contributed by atoms with van der Waals surface area (Å²) < 4.78 is 21.7. The largest absolute Gasteiger partial charge is 0.334 e. The first kappa shape index (κ1) is 20.2. The molecular weight excluding hydrogens is 324 g/mol. The molecule has 0 atom stereocenters. The van der Waals surface area contributed by atoms with Crippen molar-refractivity contribution in [2.24, 2.45) is 5.41 Å². The van der Waals surface area contributed by atoms with Gasteiger partial charge in [-0.25, -0.2) is 13.2 Å². The van der Waals surface area contributed by atoms with E-state index in [1.54, 1.807) is 4.90 Å². The maximum Gasteiger partial charge on any atom is 0.317 e. The molecule has 1 aromatic carbocycles. The van der Waals surface area contributed by atoms with Crippen LogP contribution in [0.4, 0.5) is 4.79 Å². The fraction of sp³-hybridized carbons (Fsp3) is 0.500. The molecule has 0 unspecified atom stereocenters. The smallest absolute Gasteiger partial charge is 0.317 e. The highest BCUT2D eigenvalue weighted by atomic mass is 32.2. The van der Waals surface area contributed by atoms with E-state index in [0.717, 1.165) is 37.6 Å². The van der Waals surface area contributed by atoms with Crippen molar-refractivity contribution in [3.63, 3.8) is 0 Å². The number of benzene rings is 1. The third-order valence-corrected chi connectivity index (χ3v) is 4.47. The number of nitrogens with one attached hydrogen (secondary N) is 1. The Balaban J connectivity index is 0.000000693. The highest BCUT2D eigenvalue weighted by Crippen LogP contribution is 2.29. The second kappa shape index (κ2) is 9.47. The first-order valence-electron chi connectivity index (χ1n) is 8.09. The van der Waals surface area contributed by atoms with Crippen molar-refractivity contribution in [3.05, 3.63) is 47.9 Å². The summed E-state index contributed by atoms with van der Waals surface area (Å²) in [7, 11) is -3.11. The van der Waals surface area contributed by atoms with E-state index in [1.807, 2.05) is 36.4 Å². The number of piperidine rings is 1. The lowest BCUT2D eigenvalue weighted by Crippen LogP contribution is -2.46. The molecular formula is C18H30N2O3S. The van der Waals surface area contributed by atoms with Gasteiger partial charge in [0.25, 0.3) is 0 Å². The van der Waals surface area contributed by atoms with E-state index in [0.29, 0.717) is 5.41 Å². The van der Waals surface area contributed by atoms with Gasteiger partial charge in [-0.1, -0.05) is 56.3 Å². The van der Waals surface area contributed by atoms with Crippen molar-refractivity contribution in [2.45, 2.75) is 26.7 Å². The molecule has 1 heterocycles. The molecule has 1 aliphatic rings.